The molecule has 0 radical (unpaired) electrons. The largest absolute Gasteiger partial charge is 0.508 e. The molecule has 0 aromatic heterocycles. The third kappa shape index (κ3) is 3.22. The molecule has 19 heavy (non-hydrogen) atoms. The van der Waals surface area contributed by atoms with Crippen molar-refractivity contribution in [2.75, 3.05) is 0 Å². The van der Waals surface area contributed by atoms with Crippen molar-refractivity contribution in [3.8, 4) is 11.5 Å². The molecular weight excluding hydrogens is 246 g/mol. The number of rotatable bonds is 4. The quantitative estimate of drug-likeness (QED) is 0.653. The fraction of sp³-hybridized carbons (Fsp3) is 0.143. The normalized spacial score (nSPS) is 10.3. The second kappa shape index (κ2) is 5.39. The summed E-state index contributed by atoms with van der Waals surface area (Å²) in [5.74, 6) is 0.0828. The molecule has 98 valence electrons. The summed E-state index contributed by atoms with van der Waals surface area (Å²) in [6.45, 7) is 0. The minimum Gasteiger partial charge on any atom is -0.508 e. The van der Waals surface area contributed by atoms with Crippen molar-refractivity contribution in [1.29, 1.82) is 0 Å². The monoisotopic (exact) mass is 259 g/mol. The van der Waals surface area contributed by atoms with Crippen LogP contribution < -0.4 is 0 Å². The van der Waals surface area contributed by atoms with Gasteiger partial charge in [0.25, 0.3) is 5.69 Å². The molecule has 5 nitrogen and oxygen atoms in total. The van der Waals surface area contributed by atoms with Crippen LogP contribution in [0.4, 0.5) is 5.69 Å². The molecule has 0 amide bonds. The van der Waals surface area contributed by atoms with Crippen LogP contribution in [0.25, 0.3) is 0 Å². The van der Waals surface area contributed by atoms with Crippen LogP contribution >= 0.6 is 0 Å². The fourth-order valence-electron chi connectivity index (χ4n) is 1.88. The minimum absolute atomic E-state index is 0.0706. The lowest BCUT2D eigenvalue weighted by Gasteiger charge is -2.04. The van der Waals surface area contributed by atoms with Crippen LogP contribution in [-0.4, -0.2) is 15.1 Å². The Hall–Kier alpha value is -2.56. The van der Waals surface area contributed by atoms with Gasteiger partial charge >= 0.3 is 0 Å². The average molecular weight is 259 g/mol. The van der Waals surface area contributed by atoms with E-state index >= 15 is 0 Å². The summed E-state index contributed by atoms with van der Waals surface area (Å²) in [5, 5.41) is 29.3. The molecule has 2 rings (SSSR count). The van der Waals surface area contributed by atoms with E-state index in [1.807, 2.05) is 0 Å². The average Bonchev–Trinajstić information content (AvgIpc) is 2.39. The number of nitrogens with zero attached hydrogens (tertiary/aromatic N) is 1. The molecule has 0 bridgehead atoms. The third-order valence-corrected chi connectivity index (χ3v) is 2.88. The fourth-order valence-corrected chi connectivity index (χ4v) is 1.88. The lowest BCUT2D eigenvalue weighted by Crippen LogP contribution is -1.97. The Morgan fingerprint density at radius 3 is 2.21 bits per heavy atom. The number of aryl methyl sites for hydroxylation is 2. The predicted molar refractivity (Wildman–Crippen MR) is 70.3 cm³/mol. The van der Waals surface area contributed by atoms with Crippen LogP contribution in [0.2, 0.25) is 0 Å². The van der Waals surface area contributed by atoms with Gasteiger partial charge in [-0.15, -0.1) is 0 Å². The number of hydrogen-bond acceptors (Lipinski definition) is 4. The smallest absolute Gasteiger partial charge is 0.276 e. The zero-order valence-corrected chi connectivity index (χ0v) is 10.1. The molecule has 0 atom stereocenters. The molecule has 0 aliphatic carbocycles. The molecule has 2 aromatic carbocycles. The van der Waals surface area contributed by atoms with Gasteiger partial charge in [0.2, 0.25) is 0 Å². The second-order valence-corrected chi connectivity index (χ2v) is 4.24. The van der Waals surface area contributed by atoms with E-state index in [1.54, 1.807) is 30.3 Å². The molecule has 0 saturated carbocycles. The lowest BCUT2D eigenvalue weighted by molar-refractivity contribution is -0.385. The third-order valence-electron chi connectivity index (χ3n) is 2.88. The van der Waals surface area contributed by atoms with E-state index in [1.165, 1.54) is 6.07 Å². The summed E-state index contributed by atoms with van der Waals surface area (Å²) >= 11 is 0. The zero-order valence-electron chi connectivity index (χ0n) is 10.1. The van der Waals surface area contributed by atoms with Gasteiger partial charge < -0.3 is 10.2 Å². The van der Waals surface area contributed by atoms with Crippen molar-refractivity contribution in [2.24, 2.45) is 0 Å². The number of benzene rings is 2. The van der Waals surface area contributed by atoms with Gasteiger partial charge in [-0.1, -0.05) is 12.1 Å². The molecular formula is C14H13NO4. The van der Waals surface area contributed by atoms with Crippen LogP contribution in [0.1, 0.15) is 11.1 Å². The highest BCUT2D eigenvalue weighted by Crippen LogP contribution is 2.25. The molecule has 0 aliphatic rings. The highest BCUT2D eigenvalue weighted by Gasteiger charge is 2.14. The second-order valence-electron chi connectivity index (χ2n) is 4.24. The zero-order chi connectivity index (χ0) is 13.8. The SMILES string of the molecule is O=[N+]([O-])c1cc(O)ccc1CCc1ccc(O)cc1. The molecule has 0 spiro atoms. The van der Waals surface area contributed by atoms with E-state index in [-0.39, 0.29) is 17.2 Å². The van der Waals surface area contributed by atoms with Crippen LogP contribution in [0.5, 0.6) is 11.5 Å². The maximum Gasteiger partial charge on any atom is 0.276 e. The van der Waals surface area contributed by atoms with Gasteiger partial charge in [0.05, 0.1) is 11.0 Å². The number of nitro groups is 1. The Balaban J connectivity index is 2.15. The van der Waals surface area contributed by atoms with Crippen molar-refractivity contribution in [3.63, 3.8) is 0 Å². The van der Waals surface area contributed by atoms with E-state index < -0.39 is 4.92 Å². The Bertz CT molecular complexity index is 593. The summed E-state index contributed by atoms with van der Waals surface area (Å²) < 4.78 is 0. The summed E-state index contributed by atoms with van der Waals surface area (Å²) in [6.07, 6.45) is 1.13. The summed E-state index contributed by atoms with van der Waals surface area (Å²) in [7, 11) is 0. The maximum absolute atomic E-state index is 10.9. The summed E-state index contributed by atoms with van der Waals surface area (Å²) in [6, 6.07) is 10.9. The number of phenols is 2. The van der Waals surface area contributed by atoms with Crippen molar-refractivity contribution < 1.29 is 15.1 Å². The summed E-state index contributed by atoms with van der Waals surface area (Å²) in [5.41, 5.74) is 1.50. The van der Waals surface area contributed by atoms with Crippen LogP contribution in [0.3, 0.4) is 0 Å². The Morgan fingerprint density at radius 2 is 1.58 bits per heavy atom. The Morgan fingerprint density at radius 1 is 0.947 bits per heavy atom. The van der Waals surface area contributed by atoms with Crippen LogP contribution in [0, 0.1) is 10.1 Å². The molecule has 0 aliphatic heterocycles. The lowest BCUT2D eigenvalue weighted by atomic mass is 10.0. The standard InChI is InChI=1S/C14H13NO4/c16-12-6-2-10(3-7-12)1-4-11-5-8-13(17)9-14(11)15(18)19/h2-3,5-9,16-17H,1,4H2. The Labute approximate surface area is 109 Å². The molecule has 0 saturated heterocycles. The molecule has 2 N–H and O–H groups in total. The first-order valence-corrected chi connectivity index (χ1v) is 5.80. The number of aromatic hydroxyl groups is 2. The Kier molecular flexibility index (Phi) is 3.66. The minimum atomic E-state index is -0.494. The first-order valence-electron chi connectivity index (χ1n) is 5.80. The van der Waals surface area contributed by atoms with Gasteiger partial charge in [0.1, 0.15) is 11.5 Å². The molecule has 0 heterocycles. The van der Waals surface area contributed by atoms with Gasteiger partial charge in [0.15, 0.2) is 0 Å². The predicted octanol–water partition coefficient (Wildman–Crippen LogP) is 2.79. The van der Waals surface area contributed by atoms with Gasteiger partial charge in [-0.2, -0.15) is 0 Å². The summed E-state index contributed by atoms with van der Waals surface area (Å²) in [4.78, 5) is 10.4. The van der Waals surface area contributed by atoms with Crippen LogP contribution in [0.15, 0.2) is 42.5 Å². The van der Waals surface area contributed by atoms with Gasteiger partial charge in [-0.3, -0.25) is 10.1 Å². The topological polar surface area (TPSA) is 83.6 Å². The number of hydrogen-bond donors (Lipinski definition) is 2. The first-order chi connectivity index (χ1) is 9.06. The van der Waals surface area contributed by atoms with E-state index in [0.717, 1.165) is 11.6 Å². The van der Waals surface area contributed by atoms with Crippen molar-refractivity contribution in [3.05, 3.63) is 63.7 Å². The van der Waals surface area contributed by atoms with Crippen LogP contribution in [-0.2, 0) is 12.8 Å². The van der Waals surface area contributed by atoms with E-state index in [2.05, 4.69) is 0 Å². The van der Waals surface area contributed by atoms with Crippen molar-refractivity contribution in [1.82, 2.24) is 0 Å². The van der Waals surface area contributed by atoms with E-state index in [9.17, 15) is 20.3 Å². The van der Waals surface area contributed by atoms with E-state index in [0.29, 0.717) is 18.4 Å². The van der Waals surface area contributed by atoms with Crippen molar-refractivity contribution in [2.45, 2.75) is 12.8 Å². The highest BCUT2D eigenvalue weighted by molar-refractivity contribution is 5.46. The molecule has 0 unspecified atom stereocenters. The van der Waals surface area contributed by atoms with Gasteiger partial charge in [-0.05, 0) is 42.7 Å². The van der Waals surface area contributed by atoms with Crippen molar-refractivity contribution >= 4 is 5.69 Å². The first kappa shape index (κ1) is 12.9. The molecule has 2 aromatic rings. The van der Waals surface area contributed by atoms with Gasteiger partial charge in [-0.25, -0.2) is 0 Å². The van der Waals surface area contributed by atoms with E-state index in [4.69, 9.17) is 0 Å². The van der Waals surface area contributed by atoms with Gasteiger partial charge in [0, 0.05) is 5.56 Å². The molecule has 0 fully saturated rings. The number of phenolic OH excluding ortho intramolecular Hbond substituents is 2. The molecule has 5 heteroatoms. The highest BCUT2D eigenvalue weighted by atomic mass is 16.6. The maximum atomic E-state index is 10.9. The number of nitro benzene ring substituents is 1.